The van der Waals surface area contributed by atoms with Crippen LogP contribution in [0.3, 0.4) is 0 Å². The van der Waals surface area contributed by atoms with E-state index in [0.29, 0.717) is 35.6 Å². The van der Waals surface area contributed by atoms with Crippen molar-refractivity contribution in [2.75, 3.05) is 7.05 Å². The van der Waals surface area contributed by atoms with Crippen molar-refractivity contribution in [3.8, 4) is 45.3 Å². The highest BCUT2D eigenvalue weighted by atomic mass is 15.0. The van der Waals surface area contributed by atoms with Crippen molar-refractivity contribution in [3.05, 3.63) is 229 Å². The van der Waals surface area contributed by atoms with Gasteiger partial charge in [0.2, 0.25) is 0 Å². The molecule has 0 bridgehead atoms. The number of aromatic nitrogens is 3. The second-order valence-electron chi connectivity index (χ2n) is 15.5. The molecule has 1 unspecified atom stereocenters. The van der Waals surface area contributed by atoms with Crippen molar-refractivity contribution < 1.29 is 0 Å². The molecule has 66 heavy (non-hydrogen) atoms. The molecule has 1 atom stereocenters. The highest BCUT2D eigenvalue weighted by Crippen LogP contribution is 2.56. The smallest absolute Gasteiger partial charge is 0.164 e. The Labute approximate surface area is 392 Å². The number of rotatable bonds is 14. The fourth-order valence-electron chi connectivity index (χ4n) is 8.14. The van der Waals surface area contributed by atoms with Crippen LogP contribution in [-0.4, -0.2) is 39.9 Å². The minimum Gasteiger partial charge on any atom is -0.270 e. The zero-order valence-electron chi connectivity index (χ0n) is 39.4. The van der Waals surface area contributed by atoms with Crippen molar-refractivity contribution >= 4 is 24.0 Å². The fraction of sp³-hybridized carbons (Fsp3) is 0.167. The second kappa shape index (κ2) is 23.3. The molecule has 0 aliphatic heterocycles. The van der Waals surface area contributed by atoms with E-state index in [1.807, 2.05) is 150 Å². The largest absolute Gasteiger partial charge is 0.270 e. The molecule has 6 nitrogen and oxygen atoms in total. The van der Waals surface area contributed by atoms with Crippen molar-refractivity contribution in [2.45, 2.75) is 53.4 Å². The van der Waals surface area contributed by atoms with Gasteiger partial charge in [-0.1, -0.05) is 216 Å². The van der Waals surface area contributed by atoms with Crippen LogP contribution in [0.1, 0.15) is 70.2 Å². The van der Waals surface area contributed by atoms with Crippen LogP contribution in [0.15, 0.2) is 221 Å². The van der Waals surface area contributed by atoms with Crippen LogP contribution >= 0.6 is 0 Å². The van der Waals surface area contributed by atoms with E-state index in [1.165, 1.54) is 22.3 Å². The van der Waals surface area contributed by atoms with Gasteiger partial charge >= 0.3 is 0 Å². The number of hydrogen-bond donors (Lipinski definition) is 0. The van der Waals surface area contributed by atoms with Crippen LogP contribution in [0.4, 0.5) is 0 Å². The van der Waals surface area contributed by atoms with E-state index in [2.05, 4.69) is 104 Å². The maximum atomic E-state index is 5.13. The van der Waals surface area contributed by atoms with Gasteiger partial charge in [0, 0.05) is 35.9 Å². The molecule has 0 saturated heterocycles. The van der Waals surface area contributed by atoms with E-state index >= 15 is 0 Å². The molecule has 7 rings (SSSR count). The van der Waals surface area contributed by atoms with Gasteiger partial charge < -0.3 is 0 Å². The molecule has 1 aromatic heterocycles. The number of hydrogen-bond acceptors (Lipinski definition) is 4. The molecule has 1 aliphatic rings. The number of fused-ring (bicyclic) bond motifs is 3. The summed E-state index contributed by atoms with van der Waals surface area (Å²) >= 11 is 0. The standard InChI is InChI=1S/C58H54N6.C2H6/c1-8-12-16-26-42(6)54(61-53(59-7)41(5)25-13-9-2)60-40-43(10-3)37-38-58(50-33-23-21-31-48(50)49-32-22-24-34-51(49)58)52-39-47(36-35-44(52)11-4)57-63-55(45-27-17-14-18-28-45)62-56(64-57)46-29-19-15-20-30-46;1-2/h8-37,39-40,42H,3-4,38H2,1-2,5-7H3;1-2H3/b12-8-,13-9-,26-16-,41-25+,43-37+,59-53?,60-40?,61-54?;. The molecule has 0 amide bonds. The van der Waals surface area contributed by atoms with E-state index < -0.39 is 5.41 Å². The van der Waals surface area contributed by atoms with E-state index in [9.17, 15) is 0 Å². The Hall–Kier alpha value is -7.70. The van der Waals surface area contributed by atoms with Crippen molar-refractivity contribution in [2.24, 2.45) is 20.9 Å². The third-order valence-corrected chi connectivity index (χ3v) is 11.4. The molecular formula is C60H60N6. The molecule has 0 fully saturated rings. The summed E-state index contributed by atoms with van der Waals surface area (Å²) in [6.07, 6.45) is 22.6. The molecule has 5 aromatic carbocycles. The molecule has 1 aliphatic carbocycles. The van der Waals surface area contributed by atoms with Crippen LogP contribution < -0.4 is 0 Å². The molecule has 0 saturated carbocycles. The summed E-state index contributed by atoms with van der Waals surface area (Å²) in [6.45, 7) is 20.7. The van der Waals surface area contributed by atoms with Crippen LogP contribution in [-0.2, 0) is 5.41 Å². The van der Waals surface area contributed by atoms with Gasteiger partial charge in [0.15, 0.2) is 23.3 Å². The van der Waals surface area contributed by atoms with E-state index in [0.717, 1.165) is 39.0 Å². The summed E-state index contributed by atoms with van der Waals surface area (Å²) in [4.78, 5) is 29.8. The van der Waals surface area contributed by atoms with Crippen molar-refractivity contribution in [1.29, 1.82) is 0 Å². The Bertz CT molecular complexity index is 2780. The maximum absolute atomic E-state index is 5.13. The van der Waals surface area contributed by atoms with E-state index in [4.69, 9.17) is 24.9 Å². The lowest BCUT2D eigenvalue weighted by molar-refractivity contribution is 0.643. The van der Waals surface area contributed by atoms with Gasteiger partial charge in [-0.05, 0) is 77.8 Å². The lowest BCUT2D eigenvalue weighted by atomic mass is 9.68. The lowest BCUT2D eigenvalue weighted by Gasteiger charge is -2.34. The first-order valence-electron chi connectivity index (χ1n) is 22.7. The molecule has 0 N–H and O–H groups in total. The number of nitrogens with zero attached hydrogens (tertiary/aromatic N) is 6. The SMILES string of the molecule is C=C/C(C=NC(=NC(=NC)/C(C)=C/C=C\C)C(C)/C=C\C=C/C)=C\CC1(c2cc(-c3nc(-c4ccccc4)nc(-c4ccccc4)n3)ccc2C=C)c2ccccc2-c2ccccc21.CC. The van der Waals surface area contributed by atoms with Gasteiger partial charge in [0.1, 0.15) is 5.84 Å². The van der Waals surface area contributed by atoms with Crippen molar-refractivity contribution in [3.63, 3.8) is 0 Å². The minimum absolute atomic E-state index is 0.0946. The molecule has 330 valence electrons. The first kappa shape index (κ1) is 47.8. The first-order valence-corrected chi connectivity index (χ1v) is 22.7. The summed E-state index contributed by atoms with van der Waals surface area (Å²) in [5, 5.41) is 0. The van der Waals surface area contributed by atoms with Gasteiger partial charge in [-0.15, -0.1) is 0 Å². The van der Waals surface area contributed by atoms with Gasteiger partial charge in [-0.25, -0.2) is 24.9 Å². The summed E-state index contributed by atoms with van der Waals surface area (Å²) in [7, 11) is 1.76. The fourth-order valence-corrected chi connectivity index (χ4v) is 8.14. The lowest BCUT2D eigenvalue weighted by Crippen LogP contribution is -2.27. The van der Waals surface area contributed by atoms with Gasteiger partial charge in [0.05, 0.1) is 5.41 Å². The Balaban J connectivity index is 0.00000355. The van der Waals surface area contributed by atoms with E-state index in [-0.39, 0.29) is 5.92 Å². The summed E-state index contributed by atoms with van der Waals surface area (Å²) < 4.78 is 0. The summed E-state index contributed by atoms with van der Waals surface area (Å²) in [5.74, 6) is 2.97. The quantitative estimate of drug-likeness (QED) is 0.0622. The third kappa shape index (κ3) is 10.6. The van der Waals surface area contributed by atoms with Crippen LogP contribution in [0.2, 0.25) is 0 Å². The Morgan fingerprint density at radius 1 is 0.667 bits per heavy atom. The predicted octanol–water partition coefficient (Wildman–Crippen LogP) is 15.1. The number of benzene rings is 5. The Morgan fingerprint density at radius 3 is 1.74 bits per heavy atom. The predicted molar refractivity (Wildman–Crippen MR) is 283 cm³/mol. The second-order valence-corrected chi connectivity index (χ2v) is 15.5. The summed E-state index contributed by atoms with van der Waals surface area (Å²) in [5.41, 5.74) is 10.8. The number of allylic oxidation sites excluding steroid dienone is 9. The van der Waals surface area contributed by atoms with E-state index in [1.54, 1.807) is 7.05 Å². The summed E-state index contributed by atoms with van der Waals surface area (Å²) in [6, 6.07) is 44.1. The normalized spacial score (nSPS) is 14.3. The van der Waals surface area contributed by atoms with Crippen LogP contribution in [0.5, 0.6) is 0 Å². The van der Waals surface area contributed by atoms with Crippen LogP contribution in [0.25, 0.3) is 51.4 Å². The maximum Gasteiger partial charge on any atom is 0.164 e. The highest BCUT2D eigenvalue weighted by Gasteiger charge is 2.45. The monoisotopic (exact) mass is 864 g/mol. The average Bonchev–Trinajstić information content (AvgIpc) is 3.67. The van der Waals surface area contributed by atoms with Crippen molar-refractivity contribution in [1.82, 2.24) is 15.0 Å². The molecule has 6 aromatic rings. The number of aliphatic imine (C=N–C) groups is 3. The number of amidine groups is 2. The Morgan fingerprint density at radius 2 is 1.21 bits per heavy atom. The average molecular weight is 865 g/mol. The minimum atomic E-state index is -0.636. The first-order chi connectivity index (χ1) is 32.3. The topological polar surface area (TPSA) is 75.8 Å². The van der Waals surface area contributed by atoms with Crippen LogP contribution in [0, 0.1) is 5.92 Å². The van der Waals surface area contributed by atoms with Gasteiger partial charge in [0.25, 0.3) is 0 Å². The molecular weight excluding hydrogens is 805 g/mol. The molecule has 1 heterocycles. The van der Waals surface area contributed by atoms with Gasteiger partial charge in [-0.2, -0.15) is 0 Å². The third-order valence-electron chi connectivity index (χ3n) is 11.4. The molecule has 0 radical (unpaired) electrons. The van der Waals surface area contributed by atoms with Gasteiger partial charge in [-0.3, -0.25) is 4.99 Å². The zero-order chi connectivity index (χ0) is 46.9. The molecule has 6 heteroatoms. The molecule has 0 spiro atoms. The Kier molecular flexibility index (Phi) is 16.9. The zero-order valence-corrected chi connectivity index (χ0v) is 39.4. The highest BCUT2D eigenvalue weighted by molar-refractivity contribution is 6.09.